The monoisotopic (exact) mass is 532 g/mol. The van der Waals surface area contributed by atoms with E-state index in [1.54, 1.807) is 19.0 Å². The van der Waals surface area contributed by atoms with Gasteiger partial charge in [0.15, 0.2) is 5.96 Å². The number of thioether (sulfide) groups is 1. The molecule has 1 heterocycles. The fourth-order valence-corrected chi connectivity index (χ4v) is 4.32. The van der Waals surface area contributed by atoms with E-state index in [4.69, 9.17) is 4.74 Å². The molecular formula is C21H33IN4O2S. The van der Waals surface area contributed by atoms with Crippen LogP contribution in [0.1, 0.15) is 32.1 Å². The van der Waals surface area contributed by atoms with Gasteiger partial charge in [0.25, 0.3) is 0 Å². The number of aliphatic imine (C=N–C) groups is 1. The molecule has 6 nitrogen and oxygen atoms in total. The van der Waals surface area contributed by atoms with E-state index in [1.807, 2.05) is 17.8 Å². The van der Waals surface area contributed by atoms with Crippen molar-refractivity contribution >= 4 is 47.6 Å². The van der Waals surface area contributed by atoms with E-state index >= 15 is 0 Å². The minimum atomic E-state index is -0.00480. The number of rotatable bonds is 8. The summed E-state index contributed by atoms with van der Waals surface area (Å²) in [5.74, 6) is 0.694. The van der Waals surface area contributed by atoms with Gasteiger partial charge in [0.2, 0.25) is 5.91 Å². The molecule has 29 heavy (non-hydrogen) atoms. The molecule has 1 aliphatic carbocycles. The highest BCUT2D eigenvalue weighted by Crippen LogP contribution is 2.51. The average molecular weight is 532 g/mol. The fraction of sp³-hybridized carbons (Fsp3) is 0.619. The number of carbonyl (C=O) groups is 1. The summed E-state index contributed by atoms with van der Waals surface area (Å²) in [5.41, 5.74) is 0. The third kappa shape index (κ3) is 8.33. The lowest BCUT2D eigenvalue weighted by atomic mass is 10.1. The molecule has 2 fully saturated rings. The lowest BCUT2D eigenvalue weighted by Gasteiger charge is -2.24. The molecule has 3 rings (SSSR count). The Hall–Kier alpha value is -1.000. The zero-order chi connectivity index (χ0) is 19.8. The minimum Gasteiger partial charge on any atom is -0.376 e. The van der Waals surface area contributed by atoms with Crippen LogP contribution in [0.2, 0.25) is 0 Å². The van der Waals surface area contributed by atoms with E-state index in [0.717, 1.165) is 32.5 Å². The number of hydrogen-bond donors (Lipinski definition) is 2. The van der Waals surface area contributed by atoms with Gasteiger partial charge in [0.05, 0.1) is 6.10 Å². The molecule has 1 atom stereocenters. The van der Waals surface area contributed by atoms with Crippen molar-refractivity contribution in [3.63, 3.8) is 0 Å². The third-order valence-electron chi connectivity index (χ3n) is 5.11. The summed E-state index contributed by atoms with van der Waals surface area (Å²) >= 11 is 1.93. The fourth-order valence-electron chi connectivity index (χ4n) is 3.08. The van der Waals surface area contributed by atoms with Gasteiger partial charge in [-0.1, -0.05) is 18.2 Å². The van der Waals surface area contributed by atoms with Gasteiger partial charge in [-0.3, -0.25) is 4.79 Å². The van der Waals surface area contributed by atoms with Crippen molar-refractivity contribution in [3.8, 4) is 0 Å². The number of halogens is 1. The molecule has 1 saturated heterocycles. The highest BCUT2D eigenvalue weighted by molar-refractivity contribution is 14.0. The molecule has 2 aliphatic rings. The maximum atomic E-state index is 11.9. The molecule has 0 radical (unpaired) electrons. The average Bonchev–Trinajstić information content (AvgIpc) is 3.48. The van der Waals surface area contributed by atoms with E-state index in [2.05, 4.69) is 39.9 Å². The van der Waals surface area contributed by atoms with Gasteiger partial charge in [-0.25, -0.2) is 4.99 Å². The van der Waals surface area contributed by atoms with Crippen LogP contribution >= 0.6 is 35.7 Å². The molecule has 1 unspecified atom stereocenters. The Kier molecular flexibility index (Phi) is 10.0. The first-order valence-corrected chi connectivity index (χ1v) is 11.0. The topological polar surface area (TPSA) is 66.0 Å². The summed E-state index contributed by atoms with van der Waals surface area (Å²) in [6, 6.07) is 10.5. The molecule has 0 bridgehead atoms. The van der Waals surface area contributed by atoms with Crippen molar-refractivity contribution in [2.45, 2.75) is 47.9 Å². The maximum absolute atomic E-state index is 11.9. The van der Waals surface area contributed by atoms with E-state index in [0.29, 0.717) is 5.96 Å². The normalized spacial score (nSPS) is 20.3. The molecule has 0 aromatic heterocycles. The smallest absolute Gasteiger partial charge is 0.243 e. The van der Waals surface area contributed by atoms with Gasteiger partial charge in [-0.15, -0.1) is 35.7 Å². The van der Waals surface area contributed by atoms with Gasteiger partial charge in [-0.05, 0) is 44.2 Å². The molecule has 1 aromatic carbocycles. The lowest BCUT2D eigenvalue weighted by molar-refractivity contribution is -0.127. The highest BCUT2D eigenvalue weighted by Gasteiger charge is 2.43. The van der Waals surface area contributed by atoms with Crippen molar-refractivity contribution in [1.82, 2.24) is 15.5 Å². The lowest BCUT2D eigenvalue weighted by Crippen LogP contribution is -2.45. The Morgan fingerprint density at radius 1 is 1.24 bits per heavy atom. The number of guanidine groups is 1. The standard InChI is InChI=1S/C21H32N4O2S.HI/c1-25(2)19(26)15-23-20(22-14-17-8-6-7-13-27-17)24-16-21(11-12-21)28-18-9-4-3-5-10-18;/h3-5,9-10,17H,6-8,11-16H2,1-2H3,(H2,22,23,24);1H. The number of nitrogens with zero attached hydrogens (tertiary/aromatic N) is 2. The zero-order valence-electron chi connectivity index (χ0n) is 17.4. The number of ether oxygens (including phenoxy) is 1. The molecule has 1 aliphatic heterocycles. The van der Waals surface area contributed by atoms with Crippen LogP contribution in [0.4, 0.5) is 0 Å². The summed E-state index contributed by atoms with van der Waals surface area (Å²) in [4.78, 5) is 19.3. The van der Waals surface area contributed by atoms with Crippen LogP contribution in [0.3, 0.4) is 0 Å². The van der Waals surface area contributed by atoms with E-state index in [-0.39, 0.29) is 47.3 Å². The van der Waals surface area contributed by atoms with Gasteiger partial charge in [0, 0.05) is 43.4 Å². The second-order valence-electron chi connectivity index (χ2n) is 7.77. The second-order valence-corrected chi connectivity index (χ2v) is 9.32. The molecule has 1 saturated carbocycles. The highest BCUT2D eigenvalue weighted by atomic mass is 127. The van der Waals surface area contributed by atoms with Gasteiger partial charge >= 0.3 is 0 Å². The minimum absolute atomic E-state index is 0. The van der Waals surface area contributed by atoms with Gasteiger partial charge in [-0.2, -0.15) is 0 Å². The van der Waals surface area contributed by atoms with Crippen molar-refractivity contribution in [2.75, 3.05) is 40.3 Å². The van der Waals surface area contributed by atoms with Crippen molar-refractivity contribution in [2.24, 2.45) is 4.99 Å². The Balaban J connectivity index is 0.00000300. The van der Waals surface area contributed by atoms with Crippen LogP contribution in [0.25, 0.3) is 0 Å². The largest absolute Gasteiger partial charge is 0.376 e. The number of hydrogen-bond acceptors (Lipinski definition) is 4. The number of amides is 1. The third-order valence-corrected chi connectivity index (χ3v) is 6.60. The predicted molar refractivity (Wildman–Crippen MR) is 130 cm³/mol. The summed E-state index contributed by atoms with van der Waals surface area (Å²) in [6.07, 6.45) is 6.03. The van der Waals surface area contributed by atoms with Crippen LogP contribution < -0.4 is 10.6 Å². The Labute approximate surface area is 195 Å². The second kappa shape index (κ2) is 12.0. The van der Waals surface area contributed by atoms with Gasteiger partial charge < -0.3 is 20.3 Å². The number of nitrogens with one attached hydrogen (secondary N) is 2. The molecule has 0 spiro atoms. The molecule has 2 N–H and O–H groups in total. The molecule has 162 valence electrons. The van der Waals surface area contributed by atoms with Crippen LogP contribution in [0.15, 0.2) is 40.2 Å². The van der Waals surface area contributed by atoms with Crippen molar-refractivity contribution in [1.29, 1.82) is 0 Å². The Morgan fingerprint density at radius 3 is 2.62 bits per heavy atom. The number of benzene rings is 1. The maximum Gasteiger partial charge on any atom is 0.243 e. The number of carbonyl (C=O) groups excluding carboxylic acids is 1. The first-order chi connectivity index (χ1) is 13.6. The van der Waals surface area contributed by atoms with Gasteiger partial charge in [0.1, 0.15) is 6.54 Å². The quantitative estimate of drug-likeness (QED) is 0.306. The van der Waals surface area contributed by atoms with E-state index < -0.39 is 0 Å². The summed E-state index contributed by atoms with van der Waals surface area (Å²) in [5, 5.41) is 6.85. The predicted octanol–water partition coefficient (Wildman–Crippen LogP) is 3.12. The van der Waals surface area contributed by atoms with Crippen LogP contribution in [-0.4, -0.2) is 68.0 Å². The van der Waals surface area contributed by atoms with Crippen molar-refractivity contribution in [3.05, 3.63) is 30.3 Å². The summed E-state index contributed by atoms with van der Waals surface area (Å²) < 4.78 is 6.02. The molecule has 1 aromatic rings. The molecular weight excluding hydrogens is 499 g/mol. The first-order valence-electron chi connectivity index (χ1n) is 10.1. The van der Waals surface area contributed by atoms with E-state index in [1.165, 1.54) is 24.2 Å². The summed E-state index contributed by atoms with van der Waals surface area (Å²) in [7, 11) is 3.51. The van der Waals surface area contributed by atoms with E-state index in [9.17, 15) is 4.79 Å². The SMILES string of the molecule is CN(C)C(=O)CN=C(NCC1CCCCO1)NCC1(Sc2ccccc2)CC1.I. The van der Waals surface area contributed by atoms with Crippen LogP contribution in [0.5, 0.6) is 0 Å². The summed E-state index contributed by atoms with van der Waals surface area (Å²) in [6.45, 7) is 2.54. The first kappa shape index (κ1) is 24.3. The van der Waals surface area contributed by atoms with Crippen LogP contribution in [-0.2, 0) is 9.53 Å². The van der Waals surface area contributed by atoms with Crippen LogP contribution in [0, 0.1) is 0 Å². The Bertz CT molecular complexity index is 662. The van der Waals surface area contributed by atoms with Crippen molar-refractivity contribution < 1.29 is 9.53 Å². The number of likely N-dealkylation sites (N-methyl/N-ethyl adjacent to an activating group) is 1. The Morgan fingerprint density at radius 2 is 2.00 bits per heavy atom. The zero-order valence-corrected chi connectivity index (χ0v) is 20.5. The molecule has 1 amide bonds. The molecule has 8 heteroatoms.